The molecule has 3 rings (SSSR count). The maximum Gasteiger partial charge on any atom is 0.264 e. The minimum absolute atomic E-state index is 0.0240. The van der Waals surface area contributed by atoms with E-state index in [9.17, 15) is 22.0 Å². The molecule has 0 radical (unpaired) electrons. The molecule has 1 amide bonds. The number of carbonyl (C=O) groups is 1. The Morgan fingerprint density at radius 2 is 1.60 bits per heavy atom. The molecule has 0 heterocycles. The van der Waals surface area contributed by atoms with Crippen LogP contribution >= 0.6 is 0 Å². The van der Waals surface area contributed by atoms with Gasteiger partial charge >= 0.3 is 0 Å². The van der Waals surface area contributed by atoms with Gasteiger partial charge in [0.25, 0.3) is 10.0 Å². The summed E-state index contributed by atoms with van der Waals surface area (Å²) < 4.78 is 70.6. The van der Waals surface area contributed by atoms with Crippen molar-refractivity contribution >= 4 is 27.3 Å². The number of hydrogen-bond donors (Lipinski definition) is 1. The van der Waals surface area contributed by atoms with Crippen LogP contribution in [0.3, 0.4) is 0 Å². The van der Waals surface area contributed by atoms with Crippen LogP contribution < -0.4 is 23.8 Å². The number of hydrogen-bond acceptors (Lipinski definition) is 6. The predicted molar refractivity (Wildman–Crippen MR) is 127 cm³/mol. The van der Waals surface area contributed by atoms with Crippen LogP contribution in [0, 0.1) is 11.6 Å². The summed E-state index contributed by atoms with van der Waals surface area (Å²) in [5.41, 5.74) is 0.160. The van der Waals surface area contributed by atoms with E-state index in [4.69, 9.17) is 14.2 Å². The minimum atomic E-state index is -4.28. The van der Waals surface area contributed by atoms with Crippen LogP contribution in [0.5, 0.6) is 17.2 Å². The molecule has 0 atom stereocenters. The number of ether oxygens (including phenoxy) is 3. The number of nitrogens with zero attached hydrogens (tertiary/aromatic N) is 1. The highest BCUT2D eigenvalue weighted by Crippen LogP contribution is 2.32. The van der Waals surface area contributed by atoms with Crippen molar-refractivity contribution in [3.8, 4) is 17.2 Å². The van der Waals surface area contributed by atoms with Gasteiger partial charge in [0, 0.05) is 17.8 Å². The summed E-state index contributed by atoms with van der Waals surface area (Å²) in [5.74, 6) is -1.96. The first-order valence-electron chi connectivity index (χ1n) is 10.4. The largest absolute Gasteiger partial charge is 0.494 e. The number of amides is 1. The third-order valence-corrected chi connectivity index (χ3v) is 6.64. The second-order valence-electron chi connectivity index (χ2n) is 7.13. The molecule has 1 N–H and O–H groups in total. The van der Waals surface area contributed by atoms with E-state index in [0.29, 0.717) is 18.1 Å². The number of carbonyl (C=O) groups excluding carboxylic acids is 1. The van der Waals surface area contributed by atoms with Gasteiger partial charge in [-0.15, -0.1) is 0 Å². The van der Waals surface area contributed by atoms with Gasteiger partial charge in [0.2, 0.25) is 5.91 Å². The standard InChI is InChI=1S/C24H24F2N2O6S/c1-4-34-18-8-6-17(7-9-18)28(15-24(29)27-16-5-11-20(25)21(26)13-16)35(30,31)19-10-12-22(32-2)23(14-19)33-3/h5-14H,4,15H2,1-3H3,(H,27,29). The average molecular weight is 507 g/mol. The van der Waals surface area contributed by atoms with E-state index in [1.54, 1.807) is 12.1 Å². The second-order valence-corrected chi connectivity index (χ2v) is 8.99. The highest BCUT2D eigenvalue weighted by Gasteiger charge is 2.28. The Hall–Kier alpha value is -3.86. The number of methoxy groups -OCH3 is 2. The molecule has 0 aliphatic heterocycles. The Bertz CT molecular complexity index is 1300. The molecule has 0 saturated carbocycles. The van der Waals surface area contributed by atoms with E-state index in [-0.39, 0.29) is 22.0 Å². The van der Waals surface area contributed by atoms with Crippen molar-refractivity contribution in [2.75, 3.05) is 37.0 Å². The lowest BCUT2D eigenvalue weighted by Gasteiger charge is -2.24. The SMILES string of the molecule is CCOc1ccc(N(CC(=O)Nc2ccc(F)c(F)c2)S(=O)(=O)c2ccc(OC)c(OC)c2)cc1. The van der Waals surface area contributed by atoms with Gasteiger partial charge in [-0.3, -0.25) is 9.10 Å². The fourth-order valence-electron chi connectivity index (χ4n) is 3.20. The van der Waals surface area contributed by atoms with Crippen molar-refractivity contribution in [1.29, 1.82) is 0 Å². The van der Waals surface area contributed by atoms with E-state index >= 15 is 0 Å². The first kappa shape index (κ1) is 25.8. The minimum Gasteiger partial charge on any atom is -0.494 e. The quantitative estimate of drug-likeness (QED) is 0.443. The fraction of sp³-hybridized carbons (Fsp3) is 0.208. The summed E-state index contributed by atoms with van der Waals surface area (Å²) in [6.45, 7) is 1.58. The summed E-state index contributed by atoms with van der Waals surface area (Å²) in [4.78, 5) is 12.6. The zero-order valence-corrected chi connectivity index (χ0v) is 20.1. The molecule has 3 aromatic carbocycles. The summed E-state index contributed by atoms with van der Waals surface area (Å²) in [7, 11) is -1.49. The fourth-order valence-corrected chi connectivity index (χ4v) is 4.64. The lowest BCUT2D eigenvalue weighted by Crippen LogP contribution is -2.38. The Morgan fingerprint density at radius 1 is 0.914 bits per heavy atom. The van der Waals surface area contributed by atoms with Crippen molar-refractivity contribution in [2.45, 2.75) is 11.8 Å². The normalized spacial score (nSPS) is 11.0. The van der Waals surface area contributed by atoms with E-state index in [1.807, 2.05) is 6.92 Å². The first-order valence-corrected chi connectivity index (χ1v) is 11.9. The third kappa shape index (κ3) is 5.99. The molecular weight excluding hydrogens is 482 g/mol. The van der Waals surface area contributed by atoms with E-state index in [2.05, 4.69) is 5.32 Å². The Kier molecular flexibility index (Phi) is 8.13. The number of rotatable bonds is 10. The van der Waals surface area contributed by atoms with Gasteiger partial charge in [-0.05, 0) is 55.5 Å². The van der Waals surface area contributed by atoms with Gasteiger partial charge < -0.3 is 19.5 Å². The molecule has 35 heavy (non-hydrogen) atoms. The molecular formula is C24H24F2N2O6S. The first-order chi connectivity index (χ1) is 16.7. The van der Waals surface area contributed by atoms with Gasteiger partial charge in [0.1, 0.15) is 12.3 Å². The maximum absolute atomic E-state index is 13.6. The van der Waals surface area contributed by atoms with Gasteiger partial charge in [-0.1, -0.05) is 0 Å². The molecule has 11 heteroatoms. The third-order valence-electron chi connectivity index (χ3n) is 4.87. The zero-order chi connectivity index (χ0) is 25.6. The number of nitrogens with one attached hydrogen (secondary N) is 1. The van der Waals surface area contributed by atoms with Gasteiger partial charge in [-0.2, -0.15) is 0 Å². The highest BCUT2D eigenvalue weighted by molar-refractivity contribution is 7.92. The van der Waals surface area contributed by atoms with Crippen molar-refractivity contribution in [3.05, 3.63) is 72.3 Å². The number of anilines is 2. The molecule has 0 fully saturated rings. The molecule has 3 aromatic rings. The van der Waals surface area contributed by atoms with Crippen LogP contribution in [0.25, 0.3) is 0 Å². The van der Waals surface area contributed by atoms with Crippen LogP contribution in [-0.4, -0.2) is 41.7 Å². The van der Waals surface area contributed by atoms with Crippen LogP contribution in [0.1, 0.15) is 6.92 Å². The molecule has 0 unspecified atom stereocenters. The number of benzene rings is 3. The van der Waals surface area contributed by atoms with E-state index in [0.717, 1.165) is 16.4 Å². The van der Waals surface area contributed by atoms with Crippen molar-refractivity contribution in [1.82, 2.24) is 0 Å². The average Bonchev–Trinajstić information content (AvgIpc) is 2.85. The van der Waals surface area contributed by atoms with E-state index < -0.39 is 34.1 Å². The van der Waals surface area contributed by atoms with Gasteiger partial charge in [-0.25, -0.2) is 17.2 Å². The van der Waals surface area contributed by atoms with E-state index in [1.165, 1.54) is 50.6 Å². The summed E-state index contributed by atoms with van der Waals surface area (Å²) in [5, 5.41) is 2.39. The predicted octanol–water partition coefficient (Wildman–Crippen LogP) is 4.21. The molecule has 8 nitrogen and oxygen atoms in total. The summed E-state index contributed by atoms with van der Waals surface area (Å²) in [6.07, 6.45) is 0. The number of sulfonamides is 1. The van der Waals surface area contributed by atoms with Gasteiger partial charge in [0.15, 0.2) is 23.1 Å². The van der Waals surface area contributed by atoms with Gasteiger partial charge in [0.05, 0.1) is 31.4 Å². The molecule has 0 spiro atoms. The molecule has 0 aromatic heterocycles. The van der Waals surface area contributed by atoms with Crippen molar-refractivity contribution < 1.29 is 36.2 Å². The lowest BCUT2D eigenvalue weighted by atomic mass is 10.3. The second kappa shape index (κ2) is 11.0. The van der Waals surface area contributed by atoms with Crippen LogP contribution in [0.15, 0.2) is 65.6 Å². The zero-order valence-electron chi connectivity index (χ0n) is 19.2. The topological polar surface area (TPSA) is 94.2 Å². The molecule has 186 valence electrons. The monoisotopic (exact) mass is 506 g/mol. The molecule has 0 bridgehead atoms. The number of halogens is 2. The van der Waals surface area contributed by atoms with Crippen molar-refractivity contribution in [3.63, 3.8) is 0 Å². The summed E-state index contributed by atoms with van der Waals surface area (Å²) in [6, 6.07) is 13.0. The van der Waals surface area contributed by atoms with Crippen LogP contribution in [0.4, 0.5) is 20.2 Å². The molecule has 0 aliphatic carbocycles. The van der Waals surface area contributed by atoms with Crippen LogP contribution in [0.2, 0.25) is 0 Å². The Labute approximate surface area is 202 Å². The van der Waals surface area contributed by atoms with Crippen molar-refractivity contribution in [2.24, 2.45) is 0 Å². The molecule has 0 saturated heterocycles. The van der Waals surface area contributed by atoms with Crippen LogP contribution in [-0.2, 0) is 14.8 Å². The Morgan fingerprint density at radius 3 is 2.20 bits per heavy atom. The smallest absolute Gasteiger partial charge is 0.264 e. The highest BCUT2D eigenvalue weighted by atomic mass is 32.2. The maximum atomic E-state index is 13.6. The summed E-state index contributed by atoms with van der Waals surface area (Å²) >= 11 is 0. The lowest BCUT2D eigenvalue weighted by molar-refractivity contribution is -0.114. The Balaban J connectivity index is 1.98. The molecule has 0 aliphatic rings.